The van der Waals surface area contributed by atoms with Crippen molar-refractivity contribution in [3.63, 3.8) is 0 Å². The molecule has 5 aromatic carbocycles. The van der Waals surface area contributed by atoms with Crippen molar-refractivity contribution in [2.24, 2.45) is 0 Å². The van der Waals surface area contributed by atoms with Gasteiger partial charge in [0.05, 0.1) is 14.2 Å². The Labute approximate surface area is 214 Å². The predicted octanol–water partition coefficient (Wildman–Crippen LogP) is 9.59. The van der Waals surface area contributed by atoms with Crippen molar-refractivity contribution in [2.75, 3.05) is 14.2 Å². The van der Waals surface area contributed by atoms with E-state index in [0.29, 0.717) is 11.8 Å². The maximum Gasteiger partial charge on any atom is 0.118 e. The first-order valence-electron chi connectivity index (χ1n) is 12.7. The summed E-state index contributed by atoms with van der Waals surface area (Å²) in [5, 5.41) is 5.30. The summed E-state index contributed by atoms with van der Waals surface area (Å²) < 4.78 is 11.0. The highest BCUT2D eigenvalue weighted by molar-refractivity contribution is 6.23. The van der Waals surface area contributed by atoms with Crippen molar-refractivity contribution in [1.29, 1.82) is 0 Å². The zero-order chi connectivity index (χ0) is 25.4. The van der Waals surface area contributed by atoms with E-state index in [1.54, 1.807) is 14.2 Å². The molecule has 0 bridgehead atoms. The number of methoxy groups -OCH3 is 2. The average Bonchev–Trinajstić information content (AvgIpc) is 2.91. The summed E-state index contributed by atoms with van der Waals surface area (Å²) in [6.45, 7) is 9.16. The second-order valence-electron chi connectivity index (χ2n) is 10.1. The number of hydrogen-bond acceptors (Lipinski definition) is 2. The normalized spacial score (nSPS) is 11.6. The van der Waals surface area contributed by atoms with Gasteiger partial charge in [-0.05, 0) is 91.0 Å². The van der Waals surface area contributed by atoms with E-state index in [4.69, 9.17) is 9.47 Å². The SMILES string of the molecule is COc1ccc(-c2c(-c3ccc(OC)cc3)c3c(C(C)C)cccc3c3c(C(C)C)cccc23)cc1. The van der Waals surface area contributed by atoms with Crippen molar-refractivity contribution in [1.82, 2.24) is 0 Å². The van der Waals surface area contributed by atoms with Crippen molar-refractivity contribution < 1.29 is 9.47 Å². The molecule has 0 aliphatic rings. The Kier molecular flexibility index (Phi) is 6.45. The van der Waals surface area contributed by atoms with Crippen molar-refractivity contribution >= 4 is 21.5 Å². The largest absolute Gasteiger partial charge is 0.497 e. The van der Waals surface area contributed by atoms with Gasteiger partial charge in [0.25, 0.3) is 0 Å². The third-order valence-corrected chi connectivity index (χ3v) is 7.23. The highest BCUT2D eigenvalue weighted by atomic mass is 16.5. The molecular formula is C34H34O2. The first-order valence-corrected chi connectivity index (χ1v) is 12.7. The lowest BCUT2D eigenvalue weighted by molar-refractivity contribution is 0.414. The maximum absolute atomic E-state index is 5.49. The number of ether oxygens (including phenoxy) is 2. The van der Waals surface area contributed by atoms with Crippen LogP contribution in [-0.2, 0) is 0 Å². The summed E-state index contributed by atoms with van der Waals surface area (Å²) >= 11 is 0. The summed E-state index contributed by atoms with van der Waals surface area (Å²) in [5.41, 5.74) is 7.67. The minimum atomic E-state index is 0.387. The fourth-order valence-corrected chi connectivity index (χ4v) is 5.46. The standard InChI is InChI=1S/C34H34O2/c1-21(2)27-9-7-11-29-31(23-13-17-25(35-5)18-14-23)32(24-15-19-26(36-6)20-16-24)34-28(22(3)4)10-8-12-30(34)33(27)29/h7-22H,1-6H3. The monoisotopic (exact) mass is 474 g/mol. The summed E-state index contributed by atoms with van der Waals surface area (Å²) in [6.07, 6.45) is 0. The van der Waals surface area contributed by atoms with Crippen LogP contribution in [0.1, 0.15) is 50.7 Å². The molecule has 0 radical (unpaired) electrons. The van der Waals surface area contributed by atoms with Crippen LogP contribution < -0.4 is 9.47 Å². The van der Waals surface area contributed by atoms with E-state index in [2.05, 4.69) is 113 Å². The number of fused-ring (bicyclic) bond motifs is 3. The lowest BCUT2D eigenvalue weighted by Gasteiger charge is -2.24. The molecule has 36 heavy (non-hydrogen) atoms. The number of benzene rings is 5. The molecule has 0 spiro atoms. The molecule has 0 fully saturated rings. The summed E-state index contributed by atoms with van der Waals surface area (Å²) in [5.74, 6) is 2.52. The van der Waals surface area contributed by atoms with E-state index < -0.39 is 0 Å². The van der Waals surface area contributed by atoms with Crippen LogP contribution >= 0.6 is 0 Å². The van der Waals surface area contributed by atoms with E-state index >= 15 is 0 Å². The molecular weight excluding hydrogens is 440 g/mol. The van der Waals surface area contributed by atoms with Crippen LogP contribution in [0.25, 0.3) is 43.8 Å². The second kappa shape index (κ2) is 9.70. The average molecular weight is 475 g/mol. The Hall–Kier alpha value is -3.78. The predicted molar refractivity (Wildman–Crippen MR) is 154 cm³/mol. The van der Waals surface area contributed by atoms with Crippen LogP contribution in [0.2, 0.25) is 0 Å². The Balaban J connectivity index is 2.05. The molecule has 0 N–H and O–H groups in total. The van der Waals surface area contributed by atoms with Crippen molar-refractivity contribution in [2.45, 2.75) is 39.5 Å². The van der Waals surface area contributed by atoms with Gasteiger partial charge in [0.1, 0.15) is 11.5 Å². The fourth-order valence-electron chi connectivity index (χ4n) is 5.46. The molecule has 0 unspecified atom stereocenters. The fraction of sp³-hybridized carbons (Fsp3) is 0.235. The van der Waals surface area contributed by atoms with E-state index in [0.717, 1.165) is 11.5 Å². The number of rotatable bonds is 6. The summed E-state index contributed by atoms with van der Waals surface area (Å²) in [4.78, 5) is 0. The molecule has 0 aromatic heterocycles. The molecule has 0 amide bonds. The van der Waals surface area contributed by atoms with Crippen molar-refractivity contribution in [3.8, 4) is 33.8 Å². The molecule has 182 valence electrons. The molecule has 2 heteroatoms. The molecule has 5 rings (SSSR count). The second-order valence-corrected chi connectivity index (χ2v) is 10.1. The van der Waals surface area contributed by atoms with Gasteiger partial charge in [0, 0.05) is 0 Å². The van der Waals surface area contributed by atoms with Gasteiger partial charge in [-0.25, -0.2) is 0 Å². The van der Waals surface area contributed by atoms with Gasteiger partial charge in [-0.1, -0.05) is 88.4 Å². The lowest BCUT2D eigenvalue weighted by Crippen LogP contribution is -1.99. The van der Waals surface area contributed by atoms with Gasteiger partial charge in [0.2, 0.25) is 0 Å². The van der Waals surface area contributed by atoms with E-state index in [1.807, 2.05) is 0 Å². The molecule has 0 aliphatic heterocycles. The minimum absolute atomic E-state index is 0.387. The van der Waals surface area contributed by atoms with Gasteiger partial charge in [-0.3, -0.25) is 0 Å². The molecule has 0 saturated heterocycles. The Morgan fingerprint density at radius 3 is 1.39 bits per heavy atom. The highest BCUT2D eigenvalue weighted by Gasteiger charge is 2.22. The molecule has 0 saturated carbocycles. The highest BCUT2D eigenvalue weighted by Crippen LogP contribution is 2.48. The van der Waals surface area contributed by atoms with Gasteiger partial charge >= 0.3 is 0 Å². The molecule has 0 atom stereocenters. The third kappa shape index (κ3) is 4.01. The van der Waals surface area contributed by atoms with Gasteiger partial charge in [-0.2, -0.15) is 0 Å². The van der Waals surface area contributed by atoms with Gasteiger partial charge in [0.15, 0.2) is 0 Å². The maximum atomic E-state index is 5.49. The first kappa shape index (κ1) is 23.9. The van der Waals surface area contributed by atoms with Crippen LogP contribution in [0.5, 0.6) is 11.5 Å². The van der Waals surface area contributed by atoms with E-state index in [1.165, 1.54) is 54.9 Å². The lowest BCUT2D eigenvalue weighted by atomic mass is 9.79. The topological polar surface area (TPSA) is 18.5 Å². The zero-order valence-electron chi connectivity index (χ0n) is 22.1. The van der Waals surface area contributed by atoms with Gasteiger partial charge < -0.3 is 9.47 Å². The van der Waals surface area contributed by atoms with E-state index in [-0.39, 0.29) is 0 Å². The minimum Gasteiger partial charge on any atom is -0.497 e. The Morgan fingerprint density at radius 2 is 0.917 bits per heavy atom. The Morgan fingerprint density at radius 1 is 0.472 bits per heavy atom. The molecule has 0 aliphatic carbocycles. The smallest absolute Gasteiger partial charge is 0.118 e. The summed E-state index contributed by atoms with van der Waals surface area (Å²) in [7, 11) is 3.43. The van der Waals surface area contributed by atoms with E-state index in [9.17, 15) is 0 Å². The van der Waals surface area contributed by atoms with Gasteiger partial charge in [-0.15, -0.1) is 0 Å². The third-order valence-electron chi connectivity index (χ3n) is 7.23. The van der Waals surface area contributed by atoms with Crippen LogP contribution in [0, 0.1) is 0 Å². The Bertz CT molecular complexity index is 1520. The zero-order valence-corrected chi connectivity index (χ0v) is 22.1. The van der Waals surface area contributed by atoms with Crippen molar-refractivity contribution in [3.05, 3.63) is 96.1 Å². The molecule has 2 nitrogen and oxygen atoms in total. The quantitative estimate of drug-likeness (QED) is 0.228. The molecule has 5 aromatic rings. The van der Waals surface area contributed by atoms with Crippen LogP contribution in [0.15, 0.2) is 84.9 Å². The summed E-state index contributed by atoms with van der Waals surface area (Å²) in [6, 6.07) is 30.6. The first-order chi connectivity index (χ1) is 17.4. The van der Waals surface area contributed by atoms with Crippen LogP contribution in [0.4, 0.5) is 0 Å². The van der Waals surface area contributed by atoms with Crippen LogP contribution in [-0.4, -0.2) is 14.2 Å². The number of hydrogen-bond donors (Lipinski definition) is 0. The molecule has 0 heterocycles. The van der Waals surface area contributed by atoms with Crippen LogP contribution in [0.3, 0.4) is 0 Å².